The van der Waals surface area contributed by atoms with Crippen LogP contribution in [0.3, 0.4) is 0 Å². The summed E-state index contributed by atoms with van der Waals surface area (Å²) in [5.74, 6) is -0.725. The molecule has 0 unspecified atom stereocenters. The molecule has 0 aliphatic heterocycles. The Morgan fingerprint density at radius 2 is 1.80 bits per heavy atom. The second-order valence-electron chi connectivity index (χ2n) is 7.47. The summed E-state index contributed by atoms with van der Waals surface area (Å²) in [6, 6.07) is 21.1. The average Bonchev–Trinajstić information content (AvgIpc) is 2.87. The second kappa shape index (κ2) is 11.2. The highest BCUT2D eigenvalue weighted by molar-refractivity contribution is 7.99. The average molecular weight is 508 g/mol. The lowest BCUT2D eigenvalue weighted by molar-refractivity contribution is -0.139. The number of hydrogen-bond donors (Lipinski definition) is 1. The van der Waals surface area contributed by atoms with Crippen LogP contribution < -0.4 is 10.9 Å². The Bertz CT molecular complexity index is 1440. The molecule has 1 amide bonds. The van der Waals surface area contributed by atoms with Gasteiger partial charge in [-0.15, -0.1) is 0 Å². The number of carbonyl (C=O) groups is 2. The molecule has 3 aromatic carbocycles. The summed E-state index contributed by atoms with van der Waals surface area (Å²) in [5, 5.41) is 4.10. The van der Waals surface area contributed by atoms with E-state index in [1.54, 1.807) is 43.3 Å². The normalized spacial score (nSPS) is 10.8. The van der Waals surface area contributed by atoms with Crippen molar-refractivity contribution in [1.29, 1.82) is 0 Å². The molecule has 4 rings (SSSR count). The summed E-state index contributed by atoms with van der Waals surface area (Å²) >= 11 is 7.27. The predicted molar refractivity (Wildman–Crippen MR) is 137 cm³/mol. The van der Waals surface area contributed by atoms with Gasteiger partial charge < -0.3 is 10.1 Å². The van der Waals surface area contributed by atoms with Crippen LogP contribution in [-0.4, -0.2) is 33.8 Å². The van der Waals surface area contributed by atoms with Crippen molar-refractivity contribution >= 4 is 46.1 Å². The highest BCUT2D eigenvalue weighted by Gasteiger charge is 2.17. The van der Waals surface area contributed by atoms with Crippen LogP contribution in [0.4, 0.5) is 0 Å². The number of carbonyl (C=O) groups excluding carboxylic acids is 2. The Labute approximate surface area is 211 Å². The Hall–Kier alpha value is -3.62. The largest absolute Gasteiger partial charge is 0.465 e. The van der Waals surface area contributed by atoms with Crippen LogP contribution in [0.5, 0.6) is 0 Å². The van der Waals surface area contributed by atoms with Gasteiger partial charge in [-0.25, -0.2) is 4.98 Å². The van der Waals surface area contributed by atoms with Gasteiger partial charge in [0.15, 0.2) is 5.16 Å². The summed E-state index contributed by atoms with van der Waals surface area (Å²) in [4.78, 5) is 42.8. The van der Waals surface area contributed by atoms with E-state index in [-0.39, 0.29) is 30.4 Å². The monoisotopic (exact) mass is 507 g/mol. The van der Waals surface area contributed by atoms with Crippen LogP contribution in [0.25, 0.3) is 16.6 Å². The zero-order valence-electron chi connectivity index (χ0n) is 18.9. The molecule has 1 heterocycles. The van der Waals surface area contributed by atoms with Crippen LogP contribution >= 0.6 is 23.4 Å². The molecule has 1 N–H and O–H groups in total. The van der Waals surface area contributed by atoms with E-state index in [1.165, 1.54) is 4.57 Å². The Morgan fingerprint density at radius 1 is 1.06 bits per heavy atom. The van der Waals surface area contributed by atoms with E-state index < -0.39 is 5.97 Å². The van der Waals surface area contributed by atoms with E-state index >= 15 is 0 Å². The van der Waals surface area contributed by atoms with Crippen molar-refractivity contribution in [2.24, 2.45) is 0 Å². The molecule has 0 spiro atoms. The summed E-state index contributed by atoms with van der Waals surface area (Å²) in [6.45, 7) is 2.26. The topological polar surface area (TPSA) is 90.3 Å². The molecular formula is C26H22ClN3O4S. The van der Waals surface area contributed by atoms with Crippen molar-refractivity contribution in [2.75, 3.05) is 12.4 Å². The molecule has 0 aliphatic rings. The van der Waals surface area contributed by atoms with Gasteiger partial charge >= 0.3 is 5.97 Å². The Balaban J connectivity index is 1.69. The quantitative estimate of drug-likeness (QED) is 0.212. The molecule has 35 heavy (non-hydrogen) atoms. The fraction of sp³-hybridized carbons (Fsp3) is 0.154. The van der Waals surface area contributed by atoms with Crippen LogP contribution in [0.2, 0.25) is 5.02 Å². The highest BCUT2D eigenvalue weighted by Crippen LogP contribution is 2.22. The maximum absolute atomic E-state index is 13.4. The Kier molecular flexibility index (Phi) is 7.84. The zero-order chi connectivity index (χ0) is 24.8. The van der Waals surface area contributed by atoms with Crippen molar-refractivity contribution in [3.63, 3.8) is 0 Å². The van der Waals surface area contributed by atoms with Gasteiger partial charge in [-0.1, -0.05) is 59.8 Å². The van der Waals surface area contributed by atoms with E-state index in [0.29, 0.717) is 32.3 Å². The first-order chi connectivity index (χ1) is 17.0. The first kappa shape index (κ1) is 24.5. The molecule has 4 aromatic rings. The highest BCUT2D eigenvalue weighted by atomic mass is 35.5. The zero-order valence-corrected chi connectivity index (χ0v) is 20.4. The van der Waals surface area contributed by atoms with Gasteiger partial charge in [-0.2, -0.15) is 0 Å². The predicted octanol–water partition coefficient (Wildman–Crippen LogP) is 4.62. The van der Waals surface area contributed by atoms with Gasteiger partial charge in [0.2, 0.25) is 0 Å². The minimum Gasteiger partial charge on any atom is -0.465 e. The number of para-hydroxylation sites is 1. The SMILES string of the molecule is CCOC(=O)CSc1nc2cc(C(=O)NCc3ccccc3Cl)ccc2c(=O)n1-c1ccccc1. The number of hydrogen-bond acceptors (Lipinski definition) is 6. The van der Waals surface area contributed by atoms with Gasteiger partial charge in [-0.05, 0) is 48.9 Å². The van der Waals surface area contributed by atoms with Gasteiger partial charge in [0.1, 0.15) is 0 Å². The number of aromatic nitrogens is 2. The number of benzene rings is 3. The van der Waals surface area contributed by atoms with E-state index in [1.807, 2.05) is 36.4 Å². The van der Waals surface area contributed by atoms with Crippen LogP contribution in [0.15, 0.2) is 82.7 Å². The molecule has 0 fully saturated rings. The van der Waals surface area contributed by atoms with Crippen LogP contribution in [0, 0.1) is 0 Å². The molecule has 178 valence electrons. The molecule has 1 aromatic heterocycles. The van der Waals surface area contributed by atoms with Gasteiger partial charge in [0.05, 0.1) is 29.0 Å². The molecule has 0 bridgehead atoms. The van der Waals surface area contributed by atoms with Crippen LogP contribution in [0.1, 0.15) is 22.8 Å². The first-order valence-corrected chi connectivity index (χ1v) is 12.3. The number of esters is 1. The minimum absolute atomic E-state index is 0.00334. The lowest BCUT2D eigenvalue weighted by Gasteiger charge is -2.13. The summed E-state index contributed by atoms with van der Waals surface area (Å²) < 4.78 is 6.47. The fourth-order valence-electron chi connectivity index (χ4n) is 3.45. The maximum Gasteiger partial charge on any atom is 0.316 e. The van der Waals surface area contributed by atoms with E-state index in [2.05, 4.69) is 10.3 Å². The number of nitrogens with one attached hydrogen (secondary N) is 1. The molecular weight excluding hydrogens is 486 g/mol. The molecule has 9 heteroatoms. The fourth-order valence-corrected chi connectivity index (χ4v) is 4.47. The smallest absolute Gasteiger partial charge is 0.316 e. The third-order valence-corrected chi connectivity index (χ3v) is 6.42. The van der Waals surface area contributed by atoms with Crippen molar-refractivity contribution in [3.05, 3.63) is 99.3 Å². The number of nitrogens with zero attached hydrogens (tertiary/aromatic N) is 2. The van der Waals surface area contributed by atoms with Crippen LogP contribution in [-0.2, 0) is 16.1 Å². The lowest BCUT2D eigenvalue weighted by atomic mass is 10.1. The van der Waals surface area contributed by atoms with E-state index in [9.17, 15) is 14.4 Å². The third kappa shape index (κ3) is 5.72. The number of halogens is 1. The minimum atomic E-state index is -0.404. The molecule has 0 aliphatic carbocycles. The standard InChI is InChI=1S/C26H22ClN3O4S/c1-2-34-23(31)16-35-26-29-22-14-17(24(32)28-15-18-8-6-7-11-21(18)27)12-13-20(22)25(33)30(26)19-9-4-3-5-10-19/h3-14H,2,15-16H2,1H3,(H,28,32). The second-order valence-corrected chi connectivity index (χ2v) is 8.82. The third-order valence-electron chi connectivity index (χ3n) is 5.14. The van der Waals surface area contributed by atoms with Crippen molar-refractivity contribution in [1.82, 2.24) is 14.9 Å². The first-order valence-electron chi connectivity index (χ1n) is 10.9. The van der Waals surface area contributed by atoms with E-state index in [4.69, 9.17) is 16.3 Å². The summed E-state index contributed by atoms with van der Waals surface area (Å²) in [6.07, 6.45) is 0. The van der Waals surface area contributed by atoms with Gasteiger partial charge in [0.25, 0.3) is 11.5 Å². The molecule has 0 saturated heterocycles. The van der Waals surface area contributed by atoms with Gasteiger partial charge in [0, 0.05) is 17.1 Å². The maximum atomic E-state index is 13.4. The number of fused-ring (bicyclic) bond motifs is 1. The number of rotatable bonds is 8. The molecule has 7 nitrogen and oxygen atoms in total. The van der Waals surface area contributed by atoms with Crippen molar-refractivity contribution in [2.45, 2.75) is 18.6 Å². The summed E-state index contributed by atoms with van der Waals surface area (Å²) in [5.41, 5.74) is 1.84. The van der Waals surface area contributed by atoms with Crippen molar-refractivity contribution < 1.29 is 14.3 Å². The van der Waals surface area contributed by atoms with Crippen molar-refractivity contribution in [3.8, 4) is 5.69 Å². The molecule has 0 atom stereocenters. The number of ether oxygens (including phenoxy) is 1. The number of amides is 1. The lowest BCUT2D eigenvalue weighted by Crippen LogP contribution is -2.24. The van der Waals surface area contributed by atoms with Gasteiger partial charge in [-0.3, -0.25) is 19.0 Å². The molecule has 0 radical (unpaired) electrons. The van der Waals surface area contributed by atoms with E-state index in [0.717, 1.165) is 17.3 Å². The summed E-state index contributed by atoms with van der Waals surface area (Å²) in [7, 11) is 0. The number of thioether (sulfide) groups is 1. The molecule has 0 saturated carbocycles. The Morgan fingerprint density at radius 3 is 2.54 bits per heavy atom.